The summed E-state index contributed by atoms with van der Waals surface area (Å²) in [6, 6.07) is 7.97. The number of oxazole rings is 1. The SMILES string of the molecule is Cc1oc(-c2ccsc2)nc1CSc1nncn1CCc1ccccn1. The molecule has 132 valence electrons. The Labute approximate surface area is 159 Å². The molecular weight excluding hydrogens is 366 g/mol. The van der Waals surface area contributed by atoms with Crippen LogP contribution in [0.15, 0.2) is 57.1 Å². The maximum atomic E-state index is 5.80. The first-order valence-corrected chi connectivity index (χ1v) is 10.1. The fourth-order valence-electron chi connectivity index (χ4n) is 2.50. The van der Waals surface area contributed by atoms with Crippen LogP contribution in [0.5, 0.6) is 0 Å². The summed E-state index contributed by atoms with van der Waals surface area (Å²) >= 11 is 3.25. The van der Waals surface area contributed by atoms with Gasteiger partial charge in [-0.15, -0.1) is 10.2 Å². The van der Waals surface area contributed by atoms with Crippen molar-refractivity contribution in [3.05, 3.63) is 64.7 Å². The van der Waals surface area contributed by atoms with Crippen LogP contribution in [0.4, 0.5) is 0 Å². The van der Waals surface area contributed by atoms with E-state index in [9.17, 15) is 0 Å². The van der Waals surface area contributed by atoms with Gasteiger partial charge in [0, 0.05) is 41.6 Å². The molecule has 4 rings (SSSR count). The van der Waals surface area contributed by atoms with Gasteiger partial charge in [0.15, 0.2) is 5.16 Å². The standard InChI is InChI=1S/C18H17N5OS2/c1-13-16(21-17(24-13)14-6-9-25-10-14)11-26-18-22-20-12-23(18)8-5-15-4-2-3-7-19-15/h2-4,6-7,9-10,12H,5,8,11H2,1H3. The molecule has 8 heteroatoms. The predicted octanol–water partition coefficient (Wildman–Crippen LogP) is 4.23. The lowest BCUT2D eigenvalue weighted by Crippen LogP contribution is -2.03. The summed E-state index contributed by atoms with van der Waals surface area (Å²) in [7, 11) is 0. The number of hydrogen-bond donors (Lipinski definition) is 0. The predicted molar refractivity (Wildman–Crippen MR) is 102 cm³/mol. The molecule has 26 heavy (non-hydrogen) atoms. The summed E-state index contributed by atoms with van der Waals surface area (Å²) in [6.07, 6.45) is 4.42. The first kappa shape index (κ1) is 17.0. The Kier molecular flexibility index (Phi) is 5.12. The van der Waals surface area contributed by atoms with Crippen molar-refractivity contribution in [1.29, 1.82) is 0 Å². The van der Waals surface area contributed by atoms with Crippen LogP contribution in [0.25, 0.3) is 11.5 Å². The van der Waals surface area contributed by atoms with E-state index >= 15 is 0 Å². The fourth-order valence-corrected chi connectivity index (χ4v) is 4.07. The molecule has 0 spiro atoms. The second-order valence-corrected chi connectivity index (χ2v) is 7.42. The normalized spacial score (nSPS) is 11.1. The summed E-state index contributed by atoms with van der Waals surface area (Å²) < 4.78 is 7.85. The molecule has 0 aliphatic carbocycles. The molecule has 0 saturated carbocycles. The van der Waals surface area contributed by atoms with Gasteiger partial charge >= 0.3 is 0 Å². The lowest BCUT2D eigenvalue weighted by atomic mass is 10.3. The molecule has 0 fully saturated rings. The minimum Gasteiger partial charge on any atom is -0.441 e. The van der Waals surface area contributed by atoms with E-state index in [-0.39, 0.29) is 0 Å². The van der Waals surface area contributed by atoms with Gasteiger partial charge in [0.25, 0.3) is 0 Å². The third kappa shape index (κ3) is 3.86. The summed E-state index contributed by atoms with van der Waals surface area (Å²) in [5.74, 6) is 2.22. The number of pyridine rings is 1. The van der Waals surface area contributed by atoms with Crippen molar-refractivity contribution in [2.75, 3.05) is 0 Å². The molecule has 0 amide bonds. The van der Waals surface area contributed by atoms with Crippen LogP contribution in [0.3, 0.4) is 0 Å². The monoisotopic (exact) mass is 383 g/mol. The average Bonchev–Trinajstić information content (AvgIpc) is 3.40. The van der Waals surface area contributed by atoms with Gasteiger partial charge in [0.05, 0.1) is 5.69 Å². The molecule has 0 radical (unpaired) electrons. The lowest BCUT2D eigenvalue weighted by molar-refractivity contribution is 0.541. The summed E-state index contributed by atoms with van der Waals surface area (Å²) in [6.45, 7) is 2.74. The first-order chi connectivity index (χ1) is 12.8. The lowest BCUT2D eigenvalue weighted by Gasteiger charge is -2.05. The molecule has 0 N–H and O–H groups in total. The Morgan fingerprint density at radius 3 is 3.04 bits per heavy atom. The van der Waals surface area contributed by atoms with Crippen LogP contribution in [0, 0.1) is 6.92 Å². The van der Waals surface area contributed by atoms with Gasteiger partial charge in [-0.25, -0.2) is 4.98 Å². The molecule has 4 aromatic heterocycles. The number of aromatic nitrogens is 5. The number of rotatable bonds is 7. The third-order valence-corrected chi connectivity index (χ3v) is 5.59. The van der Waals surface area contributed by atoms with E-state index in [0.29, 0.717) is 11.6 Å². The van der Waals surface area contributed by atoms with E-state index in [1.165, 1.54) is 0 Å². The van der Waals surface area contributed by atoms with Gasteiger partial charge in [0.1, 0.15) is 12.1 Å². The summed E-state index contributed by atoms with van der Waals surface area (Å²) in [4.78, 5) is 8.98. The van der Waals surface area contributed by atoms with E-state index in [4.69, 9.17) is 4.42 Å². The van der Waals surface area contributed by atoms with Crippen molar-refractivity contribution < 1.29 is 4.42 Å². The molecule has 0 aromatic carbocycles. The Bertz CT molecular complexity index is 963. The van der Waals surface area contributed by atoms with Crippen LogP contribution in [0.2, 0.25) is 0 Å². The highest BCUT2D eigenvalue weighted by atomic mass is 32.2. The van der Waals surface area contributed by atoms with Crippen LogP contribution in [-0.2, 0) is 18.7 Å². The fraction of sp³-hybridized carbons (Fsp3) is 0.222. The number of thioether (sulfide) groups is 1. The van der Waals surface area contributed by atoms with Gasteiger partial charge in [-0.1, -0.05) is 17.8 Å². The van der Waals surface area contributed by atoms with Gasteiger partial charge in [-0.05, 0) is 30.5 Å². The zero-order valence-electron chi connectivity index (χ0n) is 14.2. The number of thiophene rings is 1. The maximum absolute atomic E-state index is 5.80. The van der Waals surface area contributed by atoms with Crippen molar-refractivity contribution in [3.8, 4) is 11.5 Å². The van der Waals surface area contributed by atoms with Gasteiger partial charge in [-0.2, -0.15) is 11.3 Å². The van der Waals surface area contributed by atoms with E-state index in [2.05, 4.69) is 24.7 Å². The quantitative estimate of drug-likeness (QED) is 0.445. The largest absolute Gasteiger partial charge is 0.441 e. The first-order valence-electron chi connectivity index (χ1n) is 8.19. The topological polar surface area (TPSA) is 69.6 Å². The molecule has 0 aliphatic rings. The number of hydrogen-bond acceptors (Lipinski definition) is 7. The molecule has 4 heterocycles. The molecule has 0 aliphatic heterocycles. The highest BCUT2D eigenvalue weighted by molar-refractivity contribution is 7.98. The highest BCUT2D eigenvalue weighted by Crippen LogP contribution is 2.27. The number of aryl methyl sites for hydroxylation is 3. The Hall–Kier alpha value is -2.45. The van der Waals surface area contributed by atoms with E-state index in [1.54, 1.807) is 29.4 Å². The van der Waals surface area contributed by atoms with Crippen molar-refractivity contribution in [1.82, 2.24) is 24.7 Å². The molecule has 4 aromatic rings. The Balaban J connectivity index is 1.40. The van der Waals surface area contributed by atoms with E-state index in [0.717, 1.165) is 40.8 Å². The second-order valence-electron chi connectivity index (χ2n) is 5.70. The highest BCUT2D eigenvalue weighted by Gasteiger charge is 2.14. The third-order valence-electron chi connectivity index (χ3n) is 3.91. The Morgan fingerprint density at radius 1 is 1.27 bits per heavy atom. The average molecular weight is 384 g/mol. The van der Waals surface area contributed by atoms with Gasteiger partial charge in [-0.3, -0.25) is 4.98 Å². The van der Waals surface area contributed by atoms with Gasteiger partial charge < -0.3 is 8.98 Å². The van der Waals surface area contributed by atoms with Crippen molar-refractivity contribution in [2.45, 2.75) is 30.8 Å². The molecule has 0 saturated heterocycles. The zero-order valence-corrected chi connectivity index (χ0v) is 15.8. The molecule has 0 unspecified atom stereocenters. The molecule has 0 atom stereocenters. The van der Waals surface area contributed by atoms with Gasteiger partial charge in [0.2, 0.25) is 5.89 Å². The van der Waals surface area contributed by atoms with Crippen molar-refractivity contribution >= 4 is 23.1 Å². The Morgan fingerprint density at radius 2 is 2.23 bits per heavy atom. The summed E-state index contributed by atoms with van der Waals surface area (Å²) in [5.41, 5.74) is 3.02. The smallest absolute Gasteiger partial charge is 0.227 e. The maximum Gasteiger partial charge on any atom is 0.227 e. The molecule has 6 nitrogen and oxygen atoms in total. The van der Waals surface area contributed by atoms with E-state index < -0.39 is 0 Å². The molecule has 0 bridgehead atoms. The minimum absolute atomic E-state index is 0.677. The van der Waals surface area contributed by atoms with Crippen molar-refractivity contribution in [3.63, 3.8) is 0 Å². The second kappa shape index (κ2) is 7.84. The van der Waals surface area contributed by atoms with Crippen LogP contribution in [0.1, 0.15) is 17.1 Å². The van der Waals surface area contributed by atoms with Crippen LogP contribution >= 0.6 is 23.1 Å². The van der Waals surface area contributed by atoms with E-state index in [1.807, 2.05) is 48.1 Å². The van der Waals surface area contributed by atoms with Crippen molar-refractivity contribution in [2.24, 2.45) is 0 Å². The van der Waals surface area contributed by atoms with Crippen LogP contribution in [-0.4, -0.2) is 24.7 Å². The number of nitrogens with zero attached hydrogens (tertiary/aromatic N) is 5. The summed E-state index contributed by atoms with van der Waals surface area (Å²) in [5, 5.41) is 13.2. The molecular formula is C18H17N5OS2. The minimum atomic E-state index is 0.677. The zero-order chi connectivity index (χ0) is 17.8. The van der Waals surface area contributed by atoms with Crippen LogP contribution < -0.4 is 0 Å².